The van der Waals surface area contributed by atoms with Crippen LogP contribution in [-0.4, -0.2) is 31.1 Å². The fourth-order valence-corrected chi connectivity index (χ4v) is 1.82. The largest absolute Gasteiger partial charge is 0.327 e. The highest BCUT2D eigenvalue weighted by atomic mass is 15.1. The second-order valence-corrected chi connectivity index (χ2v) is 3.71. The SMILES string of the molecule is CCN(C)CC1CCCC1N. The Labute approximate surface area is 69.8 Å². The molecule has 2 unspecified atom stereocenters. The van der Waals surface area contributed by atoms with Crippen molar-refractivity contribution in [2.75, 3.05) is 20.1 Å². The zero-order valence-electron chi connectivity index (χ0n) is 7.71. The Kier molecular flexibility index (Phi) is 3.34. The van der Waals surface area contributed by atoms with Crippen LogP contribution in [-0.2, 0) is 0 Å². The lowest BCUT2D eigenvalue weighted by molar-refractivity contribution is 0.277. The molecule has 2 atom stereocenters. The van der Waals surface area contributed by atoms with E-state index in [1.165, 1.54) is 25.8 Å². The van der Waals surface area contributed by atoms with E-state index in [9.17, 15) is 0 Å². The van der Waals surface area contributed by atoms with Crippen molar-refractivity contribution in [3.63, 3.8) is 0 Å². The Morgan fingerprint density at radius 2 is 2.18 bits per heavy atom. The summed E-state index contributed by atoms with van der Waals surface area (Å²) >= 11 is 0. The molecule has 2 nitrogen and oxygen atoms in total. The first-order valence-electron chi connectivity index (χ1n) is 4.68. The number of nitrogens with two attached hydrogens (primary N) is 1. The van der Waals surface area contributed by atoms with E-state index in [0.29, 0.717) is 6.04 Å². The van der Waals surface area contributed by atoms with Gasteiger partial charge in [0.2, 0.25) is 0 Å². The molecule has 0 heterocycles. The molecule has 2 heteroatoms. The van der Waals surface area contributed by atoms with E-state index in [1.807, 2.05) is 0 Å². The average molecular weight is 156 g/mol. The van der Waals surface area contributed by atoms with Gasteiger partial charge in [0.25, 0.3) is 0 Å². The maximum absolute atomic E-state index is 5.96. The van der Waals surface area contributed by atoms with Crippen molar-refractivity contribution < 1.29 is 0 Å². The molecular formula is C9H20N2. The van der Waals surface area contributed by atoms with Crippen molar-refractivity contribution >= 4 is 0 Å². The first kappa shape index (κ1) is 9.01. The first-order chi connectivity index (χ1) is 5.24. The molecule has 1 rings (SSSR count). The van der Waals surface area contributed by atoms with E-state index in [4.69, 9.17) is 5.73 Å². The van der Waals surface area contributed by atoms with E-state index < -0.39 is 0 Å². The lowest BCUT2D eigenvalue weighted by Gasteiger charge is -2.21. The van der Waals surface area contributed by atoms with E-state index >= 15 is 0 Å². The summed E-state index contributed by atoms with van der Waals surface area (Å²) in [5.41, 5.74) is 5.96. The Hall–Kier alpha value is -0.0800. The maximum atomic E-state index is 5.96. The molecule has 0 saturated heterocycles. The highest BCUT2D eigenvalue weighted by Crippen LogP contribution is 2.24. The van der Waals surface area contributed by atoms with E-state index in [1.54, 1.807) is 0 Å². The summed E-state index contributed by atoms with van der Waals surface area (Å²) in [6.45, 7) is 4.53. The minimum atomic E-state index is 0.476. The monoisotopic (exact) mass is 156 g/mol. The highest BCUT2D eigenvalue weighted by Gasteiger charge is 2.24. The smallest absolute Gasteiger partial charge is 0.00793 e. The first-order valence-corrected chi connectivity index (χ1v) is 4.68. The van der Waals surface area contributed by atoms with Crippen LogP contribution in [0.2, 0.25) is 0 Å². The fourth-order valence-electron chi connectivity index (χ4n) is 1.82. The Morgan fingerprint density at radius 1 is 1.45 bits per heavy atom. The summed E-state index contributed by atoms with van der Waals surface area (Å²) in [5.74, 6) is 0.764. The Bertz CT molecular complexity index is 114. The van der Waals surface area contributed by atoms with Gasteiger partial charge < -0.3 is 10.6 Å². The molecular weight excluding hydrogens is 136 g/mol. The van der Waals surface area contributed by atoms with Crippen molar-refractivity contribution in [2.45, 2.75) is 32.2 Å². The summed E-state index contributed by atoms with van der Waals surface area (Å²) in [7, 11) is 2.17. The van der Waals surface area contributed by atoms with Crippen LogP contribution >= 0.6 is 0 Å². The molecule has 0 aliphatic heterocycles. The van der Waals surface area contributed by atoms with Gasteiger partial charge in [0.15, 0.2) is 0 Å². The predicted octanol–water partition coefficient (Wildman–Crippen LogP) is 1.07. The molecule has 1 fully saturated rings. The number of nitrogens with zero attached hydrogens (tertiary/aromatic N) is 1. The van der Waals surface area contributed by atoms with Gasteiger partial charge in [-0.05, 0) is 32.4 Å². The van der Waals surface area contributed by atoms with Crippen LogP contribution in [0, 0.1) is 5.92 Å². The third kappa shape index (κ3) is 2.46. The van der Waals surface area contributed by atoms with Crippen LogP contribution in [0.5, 0.6) is 0 Å². The third-order valence-corrected chi connectivity index (χ3v) is 2.80. The molecule has 0 bridgehead atoms. The number of hydrogen-bond donors (Lipinski definition) is 1. The van der Waals surface area contributed by atoms with Crippen LogP contribution in [0.4, 0.5) is 0 Å². The van der Waals surface area contributed by atoms with Crippen LogP contribution in [0.3, 0.4) is 0 Å². The van der Waals surface area contributed by atoms with Crippen LogP contribution in [0.15, 0.2) is 0 Å². The third-order valence-electron chi connectivity index (χ3n) is 2.80. The molecule has 1 aliphatic carbocycles. The second kappa shape index (κ2) is 4.07. The summed E-state index contributed by atoms with van der Waals surface area (Å²) < 4.78 is 0. The molecule has 1 aliphatic rings. The molecule has 2 N–H and O–H groups in total. The maximum Gasteiger partial charge on any atom is 0.00793 e. The number of rotatable bonds is 3. The summed E-state index contributed by atoms with van der Waals surface area (Å²) in [6.07, 6.45) is 3.91. The molecule has 66 valence electrons. The van der Waals surface area contributed by atoms with E-state index in [2.05, 4.69) is 18.9 Å². The highest BCUT2D eigenvalue weighted by molar-refractivity contribution is 4.81. The topological polar surface area (TPSA) is 29.3 Å². The molecule has 11 heavy (non-hydrogen) atoms. The zero-order valence-corrected chi connectivity index (χ0v) is 7.71. The summed E-state index contributed by atoms with van der Waals surface area (Å²) in [6, 6.07) is 0.476. The molecule has 0 spiro atoms. The Balaban J connectivity index is 2.24. The Morgan fingerprint density at radius 3 is 2.64 bits per heavy atom. The van der Waals surface area contributed by atoms with Gasteiger partial charge in [0, 0.05) is 12.6 Å². The van der Waals surface area contributed by atoms with Crippen LogP contribution in [0.25, 0.3) is 0 Å². The summed E-state index contributed by atoms with van der Waals surface area (Å²) in [4.78, 5) is 2.36. The van der Waals surface area contributed by atoms with Gasteiger partial charge in [-0.3, -0.25) is 0 Å². The van der Waals surface area contributed by atoms with Crippen molar-refractivity contribution in [3.8, 4) is 0 Å². The zero-order chi connectivity index (χ0) is 8.27. The van der Waals surface area contributed by atoms with Gasteiger partial charge in [-0.15, -0.1) is 0 Å². The molecule has 0 aromatic carbocycles. The van der Waals surface area contributed by atoms with Crippen LogP contribution < -0.4 is 5.73 Å². The minimum absolute atomic E-state index is 0.476. The second-order valence-electron chi connectivity index (χ2n) is 3.71. The lowest BCUT2D eigenvalue weighted by Crippen LogP contribution is -2.34. The van der Waals surface area contributed by atoms with Gasteiger partial charge in [0.1, 0.15) is 0 Å². The van der Waals surface area contributed by atoms with Crippen LogP contribution in [0.1, 0.15) is 26.2 Å². The van der Waals surface area contributed by atoms with Crippen molar-refractivity contribution in [1.82, 2.24) is 4.90 Å². The molecule has 0 aromatic rings. The minimum Gasteiger partial charge on any atom is -0.327 e. The standard InChI is InChI=1S/C9H20N2/c1-3-11(2)7-8-5-4-6-9(8)10/h8-9H,3-7,10H2,1-2H3. The quantitative estimate of drug-likeness (QED) is 0.662. The average Bonchev–Trinajstić information content (AvgIpc) is 2.37. The van der Waals surface area contributed by atoms with Gasteiger partial charge in [-0.1, -0.05) is 13.3 Å². The number of hydrogen-bond acceptors (Lipinski definition) is 2. The normalized spacial score (nSPS) is 31.6. The molecule has 0 aromatic heterocycles. The molecule has 0 amide bonds. The molecule has 1 saturated carbocycles. The van der Waals surface area contributed by atoms with Crippen molar-refractivity contribution in [2.24, 2.45) is 11.7 Å². The lowest BCUT2D eigenvalue weighted by atomic mass is 10.0. The van der Waals surface area contributed by atoms with Crippen molar-refractivity contribution in [1.29, 1.82) is 0 Å². The van der Waals surface area contributed by atoms with E-state index in [-0.39, 0.29) is 0 Å². The predicted molar refractivity (Wildman–Crippen MR) is 48.5 cm³/mol. The van der Waals surface area contributed by atoms with Crippen molar-refractivity contribution in [3.05, 3.63) is 0 Å². The summed E-state index contributed by atoms with van der Waals surface area (Å²) in [5, 5.41) is 0. The van der Waals surface area contributed by atoms with Gasteiger partial charge >= 0.3 is 0 Å². The van der Waals surface area contributed by atoms with Gasteiger partial charge in [-0.2, -0.15) is 0 Å². The molecule has 0 radical (unpaired) electrons. The van der Waals surface area contributed by atoms with Gasteiger partial charge in [-0.25, -0.2) is 0 Å². The fraction of sp³-hybridized carbons (Fsp3) is 1.00. The van der Waals surface area contributed by atoms with Gasteiger partial charge in [0.05, 0.1) is 0 Å². The van der Waals surface area contributed by atoms with E-state index in [0.717, 1.165) is 12.5 Å².